The van der Waals surface area contributed by atoms with Gasteiger partial charge in [-0.1, -0.05) is 43.7 Å². The summed E-state index contributed by atoms with van der Waals surface area (Å²) in [6.07, 6.45) is 2.91. The smallest absolute Gasteiger partial charge is 0.243 e. The summed E-state index contributed by atoms with van der Waals surface area (Å²) in [7, 11) is -3.52. The maximum absolute atomic E-state index is 13.1. The highest BCUT2D eigenvalue weighted by atomic mass is 32.2. The number of piperidine rings is 1. The Morgan fingerprint density at radius 3 is 2.15 bits per heavy atom. The van der Waals surface area contributed by atoms with Crippen LogP contribution < -0.4 is 19.5 Å². The van der Waals surface area contributed by atoms with Crippen LogP contribution >= 0.6 is 0 Å². The summed E-state index contributed by atoms with van der Waals surface area (Å²) in [6.45, 7) is 5.52. The summed E-state index contributed by atoms with van der Waals surface area (Å²) in [6, 6.07) is 24.1. The number of rotatable bonds is 16. The predicted octanol–water partition coefficient (Wildman–Crippen LogP) is 4.87. The molecule has 1 fully saturated rings. The van der Waals surface area contributed by atoms with Crippen molar-refractivity contribution in [3.8, 4) is 17.2 Å². The summed E-state index contributed by atoms with van der Waals surface area (Å²) in [4.78, 5) is 0.300. The van der Waals surface area contributed by atoms with Crippen molar-refractivity contribution in [2.75, 3.05) is 39.4 Å². The maximum atomic E-state index is 13.1. The van der Waals surface area contributed by atoms with E-state index >= 15 is 0 Å². The lowest BCUT2D eigenvalue weighted by Crippen LogP contribution is -2.42. The Bertz CT molecular complexity index is 1260. The first-order valence-electron chi connectivity index (χ1n) is 14.5. The molecule has 41 heavy (non-hydrogen) atoms. The molecule has 9 heteroatoms. The second kappa shape index (κ2) is 15.8. The van der Waals surface area contributed by atoms with Gasteiger partial charge >= 0.3 is 0 Å². The molecular formula is C32H42N2O6S. The number of nitrogens with one attached hydrogen (secondary N) is 1. The van der Waals surface area contributed by atoms with Crippen molar-refractivity contribution in [3.63, 3.8) is 0 Å². The molecule has 1 atom stereocenters. The molecule has 0 spiro atoms. The standard InChI is InChI=1S/C32H42N2O6S/c1-2-3-21-38-29-13-15-32(16-14-29)41(36,37)34-19-17-26(18-20-34)22-33-23-28(35)25-40-31-11-9-30(10-12-31)39-24-27-7-5-4-6-8-27/h4-16,26,28,33,35H,2-3,17-25H2,1H3/t28-/m0/s1. The number of benzene rings is 3. The van der Waals surface area contributed by atoms with Crippen molar-refractivity contribution in [2.24, 2.45) is 5.92 Å². The molecule has 0 amide bonds. The highest BCUT2D eigenvalue weighted by molar-refractivity contribution is 7.89. The number of aliphatic hydroxyl groups excluding tert-OH is 1. The third-order valence-electron chi connectivity index (χ3n) is 7.13. The molecule has 222 valence electrons. The van der Waals surface area contributed by atoms with Crippen LogP contribution in [0.5, 0.6) is 17.2 Å². The second-order valence-corrected chi connectivity index (χ2v) is 12.3. The van der Waals surface area contributed by atoms with Crippen LogP contribution in [0.1, 0.15) is 38.2 Å². The van der Waals surface area contributed by atoms with E-state index in [0.29, 0.717) is 55.2 Å². The zero-order chi connectivity index (χ0) is 28.9. The van der Waals surface area contributed by atoms with E-state index in [2.05, 4.69) is 12.2 Å². The van der Waals surface area contributed by atoms with Gasteiger partial charge in [0.05, 0.1) is 11.5 Å². The molecule has 1 saturated heterocycles. The summed E-state index contributed by atoms with van der Waals surface area (Å²) >= 11 is 0. The number of nitrogens with zero attached hydrogens (tertiary/aromatic N) is 1. The summed E-state index contributed by atoms with van der Waals surface area (Å²) in [5.41, 5.74) is 1.11. The topological polar surface area (TPSA) is 97.3 Å². The highest BCUT2D eigenvalue weighted by Gasteiger charge is 2.29. The van der Waals surface area contributed by atoms with Crippen molar-refractivity contribution >= 4 is 10.0 Å². The normalized spacial score (nSPS) is 15.4. The van der Waals surface area contributed by atoms with E-state index in [1.165, 1.54) is 0 Å². The van der Waals surface area contributed by atoms with E-state index in [4.69, 9.17) is 14.2 Å². The average molecular weight is 583 g/mol. The molecule has 3 aromatic carbocycles. The van der Waals surface area contributed by atoms with Crippen molar-refractivity contribution < 1.29 is 27.7 Å². The van der Waals surface area contributed by atoms with Crippen LogP contribution in [-0.4, -0.2) is 63.3 Å². The SMILES string of the molecule is CCCCOc1ccc(S(=O)(=O)N2CCC(CNC[C@H](O)COc3ccc(OCc4ccccc4)cc3)CC2)cc1. The minimum absolute atomic E-state index is 0.177. The van der Waals surface area contributed by atoms with Crippen molar-refractivity contribution in [1.82, 2.24) is 9.62 Å². The van der Waals surface area contributed by atoms with Crippen LogP contribution in [0, 0.1) is 5.92 Å². The van der Waals surface area contributed by atoms with Crippen LogP contribution in [0.2, 0.25) is 0 Å². The lowest BCUT2D eigenvalue weighted by Gasteiger charge is -2.31. The Morgan fingerprint density at radius 1 is 0.878 bits per heavy atom. The van der Waals surface area contributed by atoms with E-state index in [-0.39, 0.29) is 6.61 Å². The van der Waals surface area contributed by atoms with Crippen molar-refractivity contribution in [2.45, 2.75) is 50.2 Å². The molecule has 3 aromatic rings. The quantitative estimate of drug-likeness (QED) is 0.233. The molecule has 1 aliphatic rings. The zero-order valence-corrected chi connectivity index (χ0v) is 24.6. The summed E-state index contributed by atoms with van der Waals surface area (Å²) in [5, 5.41) is 13.7. The van der Waals surface area contributed by atoms with Crippen molar-refractivity contribution in [1.29, 1.82) is 0 Å². The Morgan fingerprint density at radius 2 is 1.49 bits per heavy atom. The molecule has 1 aliphatic heterocycles. The lowest BCUT2D eigenvalue weighted by atomic mass is 9.98. The van der Waals surface area contributed by atoms with Gasteiger partial charge < -0.3 is 24.6 Å². The first-order chi connectivity index (χ1) is 19.9. The van der Waals surface area contributed by atoms with Crippen molar-refractivity contribution in [3.05, 3.63) is 84.4 Å². The predicted molar refractivity (Wildman–Crippen MR) is 160 cm³/mol. The molecule has 0 aliphatic carbocycles. The van der Waals surface area contributed by atoms with Gasteiger partial charge in [-0.05, 0) is 85.8 Å². The fourth-order valence-corrected chi connectivity index (χ4v) is 6.09. The minimum Gasteiger partial charge on any atom is -0.494 e. The van der Waals surface area contributed by atoms with Crippen LogP contribution in [0.3, 0.4) is 0 Å². The van der Waals surface area contributed by atoms with Gasteiger partial charge in [0.2, 0.25) is 10.0 Å². The molecular weight excluding hydrogens is 540 g/mol. The number of hydrogen-bond donors (Lipinski definition) is 2. The van der Waals surface area contributed by atoms with Crippen LogP contribution in [-0.2, 0) is 16.6 Å². The maximum Gasteiger partial charge on any atom is 0.243 e. The molecule has 0 unspecified atom stereocenters. The molecule has 0 aromatic heterocycles. The number of hydrogen-bond acceptors (Lipinski definition) is 7. The van der Waals surface area contributed by atoms with Gasteiger partial charge in [0.25, 0.3) is 0 Å². The van der Waals surface area contributed by atoms with Gasteiger partial charge in [-0.25, -0.2) is 8.42 Å². The second-order valence-electron chi connectivity index (χ2n) is 10.4. The van der Waals surface area contributed by atoms with Gasteiger partial charge in [0.1, 0.15) is 36.6 Å². The average Bonchev–Trinajstić information content (AvgIpc) is 3.01. The molecule has 8 nitrogen and oxygen atoms in total. The fourth-order valence-electron chi connectivity index (χ4n) is 4.62. The number of aliphatic hydroxyl groups is 1. The van der Waals surface area contributed by atoms with Gasteiger partial charge in [-0.15, -0.1) is 0 Å². The zero-order valence-electron chi connectivity index (χ0n) is 23.8. The van der Waals surface area contributed by atoms with Gasteiger partial charge in [0, 0.05) is 19.6 Å². The first kappa shape index (κ1) is 30.8. The highest BCUT2D eigenvalue weighted by Crippen LogP contribution is 2.25. The van der Waals surface area contributed by atoms with E-state index in [9.17, 15) is 13.5 Å². The summed E-state index contributed by atoms with van der Waals surface area (Å²) in [5.74, 6) is 2.47. The van der Waals surface area contributed by atoms with E-state index in [0.717, 1.165) is 43.5 Å². The van der Waals surface area contributed by atoms with Gasteiger partial charge in [0.15, 0.2) is 0 Å². The number of ether oxygens (including phenoxy) is 3. The van der Waals surface area contributed by atoms with Gasteiger partial charge in [-0.2, -0.15) is 4.31 Å². The number of unbranched alkanes of at least 4 members (excludes halogenated alkanes) is 1. The third kappa shape index (κ3) is 9.74. The third-order valence-corrected chi connectivity index (χ3v) is 9.04. The van der Waals surface area contributed by atoms with Crippen LogP contribution in [0.15, 0.2) is 83.8 Å². The van der Waals surface area contributed by atoms with E-state index < -0.39 is 16.1 Å². The van der Waals surface area contributed by atoms with Gasteiger partial charge in [-0.3, -0.25) is 0 Å². The fraction of sp³-hybridized carbons (Fsp3) is 0.438. The van der Waals surface area contributed by atoms with Crippen LogP contribution in [0.25, 0.3) is 0 Å². The molecule has 2 N–H and O–H groups in total. The largest absolute Gasteiger partial charge is 0.494 e. The molecule has 0 radical (unpaired) electrons. The lowest BCUT2D eigenvalue weighted by molar-refractivity contribution is 0.104. The van der Waals surface area contributed by atoms with E-state index in [1.54, 1.807) is 28.6 Å². The van der Waals surface area contributed by atoms with E-state index in [1.807, 2.05) is 54.6 Å². The Hall–Kier alpha value is -3.11. The monoisotopic (exact) mass is 582 g/mol. The molecule has 4 rings (SSSR count). The minimum atomic E-state index is -3.52. The summed E-state index contributed by atoms with van der Waals surface area (Å²) < 4.78 is 44.9. The Labute approximate surface area is 244 Å². The Balaban J connectivity index is 1.11. The first-order valence-corrected chi connectivity index (χ1v) is 15.9. The Kier molecular flexibility index (Phi) is 11.9. The number of sulfonamides is 1. The van der Waals surface area contributed by atoms with Crippen LogP contribution in [0.4, 0.5) is 0 Å². The molecule has 0 bridgehead atoms. The molecule has 1 heterocycles. The molecule has 0 saturated carbocycles.